The summed E-state index contributed by atoms with van der Waals surface area (Å²) < 4.78 is 12.7. The molecule has 2 rings (SSSR count). The second-order valence-corrected chi connectivity index (χ2v) is 4.20. The number of methoxy groups -OCH3 is 1. The topological polar surface area (TPSA) is 66.2 Å². The maximum absolute atomic E-state index is 11.3. The van der Waals surface area contributed by atoms with Gasteiger partial charge in [-0.2, -0.15) is 5.10 Å². The first kappa shape index (κ1) is 14.0. The van der Waals surface area contributed by atoms with Crippen molar-refractivity contribution in [1.29, 1.82) is 0 Å². The van der Waals surface area contributed by atoms with Gasteiger partial charge in [-0.15, -0.1) is 0 Å². The molecule has 0 bridgehead atoms. The Morgan fingerprint density at radius 3 is 2.80 bits per heavy atom. The molecule has 0 aliphatic carbocycles. The number of hydrogen-bond acceptors (Lipinski definition) is 5. The van der Waals surface area contributed by atoms with Crippen molar-refractivity contribution >= 4 is 5.78 Å². The van der Waals surface area contributed by atoms with Crippen molar-refractivity contribution < 1.29 is 14.3 Å². The Labute approximate surface area is 117 Å². The highest BCUT2D eigenvalue weighted by molar-refractivity contribution is 5.94. The molecule has 6 nitrogen and oxygen atoms in total. The molecule has 2 aromatic rings. The summed E-state index contributed by atoms with van der Waals surface area (Å²) in [5.74, 6) is 1.83. The minimum Gasteiger partial charge on any atom is -0.493 e. The van der Waals surface area contributed by atoms with Crippen LogP contribution in [-0.4, -0.2) is 27.7 Å². The van der Waals surface area contributed by atoms with Gasteiger partial charge < -0.3 is 9.47 Å². The Bertz CT molecular complexity index is 607. The largest absolute Gasteiger partial charge is 0.493 e. The maximum atomic E-state index is 11.3. The summed E-state index contributed by atoms with van der Waals surface area (Å²) >= 11 is 0. The Morgan fingerprint density at radius 2 is 2.15 bits per heavy atom. The van der Waals surface area contributed by atoms with Crippen LogP contribution in [0.4, 0.5) is 0 Å². The Kier molecular flexibility index (Phi) is 4.34. The van der Waals surface area contributed by atoms with E-state index in [0.29, 0.717) is 23.7 Å². The lowest BCUT2D eigenvalue weighted by molar-refractivity contribution is 0.101. The average molecular weight is 275 g/mol. The van der Waals surface area contributed by atoms with Crippen LogP contribution in [0.3, 0.4) is 0 Å². The number of carbonyl (C=O) groups is 1. The first-order valence-electron chi connectivity index (χ1n) is 6.34. The molecule has 106 valence electrons. The number of carbonyl (C=O) groups excluding carboxylic acids is 1. The van der Waals surface area contributed by atoms with Crippen LogP contribution in [-0.2, 0) is 13.2 Å². The van der Waals surface area contributed by atoms with Crippen LogP contribution < -0.4 is 9.47 Å². The normalized spacial score (nSPS) is 10.3. The fourth-order valence-corrected chi connectivity index (χ4v) is 1.81. The second-order valence-electron chi connectivity index (χ2n) is 4.20. The predicted molar refractivity (Wildman–Crippen MR) is 73.0 cm³/mol. The molecule has 0 aliphatic heterocycles. The zero-order chi connectivity index (χ0) is 14.5. The third-order valence-electron chi connectivity index (χ3n) is 2.92. The van der Waals surface area contributed by atoms with Crippen LogP contribution in [0.5, 0.6) is 11.5 Å². The van der Waals surface area contributed by atoms with Crippen LogP contribution in [0.2, 0.25) is 0 Å². The predicted octanol–water partition coefficient (Wildman–Crippen LogP) is 2.09. The summed E-state index contributed by atoms with van der Waals surface area (Å²) in [6.45, 7) is 4.53. The SMILES string of the molecule is CCn1ncnc1COc1ccc(C(C)=O)cc1OC. The summed E-state index contributed by atoms with van der Waals surface area (Å²) in [5, 5.41) is 4.08. The number of ether oxygens (including phenoxy) is 2. The molecule has 6 heteroatoms. The van der Waals surface area contributed by atoms with Crippen LogP contribution in [0, 0.1) is 0 Å². The van der Waals surface area contributed by atoms with Gasteiger partial charge in [-0.1, -0.05) is 0 Å². The molecule has 0 atom stereocenters. The van der Waals surface area contributed by atoms with Crippen molar-refractivity contribution in [2.24, 2.45) is 0 Å². The third kappa shape index (κ3) is 2.96. The highest BCUT2D eigenvalue weighted by Crippen LogP contribution is 2.28. The molecule has 20 heavy (non-hydrogen) atoms. The van der Waals surface area contributed by atoms with Gasteiger partial charge >= 0.3 is 0 Å². The molecular formula is C14H17N3O3. The van der Waals surface area contributed by atoms with Crippen LogP contribution in [0.1, 0.15) is 30.0 Å². The van der Waals surface area contributed by atoms with Crippen molar-refractivity contribution in [3.8, 4) is 11.5 Å². The van der Waals surface area contributed by atoms with Gasteiger partial charge in [-0.25, -0.2) is 9.67 Å². The molecule has 0 radical (unpaired) electrons. The van der Waals surface area contributed by atoms with E-state index in [1.54, 1.807) is 30.0 Å². The van der Waals surface area contributed by atoms with E-state index in [4.69, 9.17) is 9.47 Å². The third-order valence-corrected chi connectivity index (χ3v) is 2.92. The van der Waals surface area contributed by atoms with Crippen molar-refractivity contribution in [3.63, 3.8) is 0 Å². The van der Waals surface area contributed by atoms with E-state index >= 15 is 0 Å². The van der Waals surface area contributed by atoms with Crippen molar-refractivity contribution in [3.05, 3.63) is 35.9 Å². The zero-order valence-corrected chi connectivity index (χ0v) is 11.8. The van der Waals surface area contributed by atoms with Gasteiger partial charge in [-0.3, -0.25) is 4.79 Å². The minimum atomic E-state index is -0.0134. The van der Waals surface area contributed by atoms with E-state index in [9.17, 15) is 4.79 Å². The minimum absolute atomic E-state index is 0.0134. The molecule has 0 fully saturated rings. The number of ketones is 1. The standard InChI is InChI=1S/C14H17N3O3/c1-4-17-14(15-9-16-17)8-20-12-6-5-11(10(2)18)7-13(12)19-3/h5-7,9H,4,8H2,1-3H3. The molecule has 0 unspecified atom stereocenters. The second kappa shape index (κ2) is 6.18. The highest BCUT2D eigenvalue weighted by atomic mass is 16.5. The fraction of sp³-hybridized carbons (Fsp3) is 0.357. The van der Waals surface area contributed by atoms with Crippen LogP contribution in [0.25, 0.3) is 0 Å². The molecule has 1 aromatic heterocycles. The number of Topliss-reactive ketones (excluding diaryl/α,β-unsaturated/α-hetero) is 1. The number of aryl methyl sites for hydroxylation is 1. The molecule has 0 saturated carbocycles. The summed E-state index contributed by atoms with van der Waals surface area (Å²) in [6.07, 6.45) is 1.50. The zero-order valence-electron chi connectivity index (χ0n) is 11.8. The summed E-state index contributed by atoms with van der Waals surface area (Å²) in [6, 6.07) is 5.11. The van der Waals surface area contributed by atoms with Crippen molar-refractivity contribution in [1.82, 2.24) is 14.8 Å². The lowest BCUT2D eigenvalue weighted by Gasteiger charge is -2.11. The smallest absolute Gasteiger partial charge is 0.164 e. The first-order chi connectivity index (χ1) is 9.65. The molecule has 0 saturated heterocycles. The number of benzene rings is 1. The van der Waals surface area contributed by atoms with Gasteiger partial charge in [0.2, 0.25) is 0 Å². The van der Waals surface area contributed by atoms with Gasteiger partial charge in [0.1, 0.15) is 12.9 Å². The molecule has 0 amide bonds. The first-order valence-corrected chi connectivity index (χ1v) is 6.34. The maximum Gasteiger partial charge on any atom is 0.164 e. The van der Waals surface area contributed by atoms with Crippen LogP contribution in [0.15, 0.2) is 24.5 Å². The van der Waals surface area contributed by atoms with E-state index in [1.807, 2.05) is 6.92 Å². The van der Waals surface area contributed by atoms with E-state index in [0.717, 1.165) is 12.4 Å². The van der Waals surface area contributed by atoms with Gasteiger partial charge in [0.25, 0.3) is 0 Å². The van der Waals surface area contributed by atoms with E-state index in [1.165, 1.54) is 13.3 Å². The number of hydrogen-bond donors (Lipinski definition) is 0. The quantitative estimate of drug-likeness (QED) is 0.755. The summed E-state index contributed by atoms with van der Waals surface area (Å²) in [5.41, 5.74) is 0.589. The number of rotatable bonds is 6. The van der Waals surface area contributed by atoms with Gasteiger partial charge in [0.15, 0.2) is 23.1 Å². The average Bonchev–Trinajstić information content (AvgIpc) is 2.92. The highest BCUT2D eigenvalue weighted by Gasteiger charge is 2.10. The molecular weight excluding hydrogens is 258 g/mol. The molecule has 0 aliphatic rings. The summed E-state index contributed by atoms with van der Waals surface area (Å²) in [7, 11) is 1.54. The van der Waals surface area contributed by atoms with E-state index in [2.05, 4.69) is 10.1 Å². The fourth-order valence-electron chi connectivity index (χ4n) is 1.81. The van der Waals surface area contributed by atoms with Gasteiger partial charge in [-0.05, 0) is 32.0 Å². The van der Waals surface area contributed by atoms with Crippen molar-refractivity contribution in [2.45, 2.75) is 27.0 Å². The number of aromatic nitrogens is 3. The Hall–Kier alpha value is -2.37. The monoisotopic (exact) mass is 275 g/mol. The van der Waals surface area contributed by atoms with Crippen LogP contribution >= 0.6 is 0 Å². The lowest BCUT2D eigenvalue weighted by atomic mass is 10.1. The molecule has 0 spiro atoms. The lowest BCUT2D eigenvalue weighted by Crippen LogP contribution is -2.08. The van der Waals surface area contributed by atoms with Gasteiger partial charge in [0, 0.05) is 12.1 Å². The molecule has 1 heterocycles. The molecule has 1 aromatic carbocycles. The summed E-state index contributed by atoms with van der Waals surface area (Å²) in [4.78, 5) is 15.5. The van der Waals surface area contributed by atoms with E-state index in [-0.39, 0.29) is 5.78 Å². The van der Waals surface area contributed by atoms with E-state index < -0.39 is 0 Å². The number of nitrogens with zero attached hydrogens (tertiary/aromatic N) is 3. The van der Waals surface area contributed by atoms with Crippen molar-refractivity contribution in [2.75, 3.05) is 7.11 Å². The Balaban J connectivity index is 2.15. The Morgan fingerprint density at radius 1 is 1.35 bits per heavy atom. The van der Waals surface area contributed by atoms with Gasteiger partial charge in [0.05, 0.1) is 7.11 Å². The molecule has 0 N–H and O–H groups in total.